The monoisotopic (exact) mass is 335 g/mol. The van der Waals surface area contributed by atoms with E-state index in [9.17, 15) is 4.79 Å². The second-order valence-electron chi connectivity index (χ2n) is 6.75. The molecule has 1 saturated heterocycles. The number of carbonyl (C=O) groups is 1. The van der Waals surface area contributed by atoms with Gasteiger partial charge in [-0.15, -0.1) is 0 Å². The molecule has 5 nitrogen and oxygen atoms in total. The number of rotatable bonds is 3. The van der Waals surface area contributed by atoms with Gasteiger partial charge in [0.1, 0.15) is 5.76 Å². The number of fused-ring (bicyclic) bond motifs is 1. The Bertz CT molecular complexity index is 903. The average Bonchev–Trinajstić information content (AvgIpc) is 3.07. The van der Waals surface area contributed by atoms with Crippen LogP contribution in [0.4, 0.5) is 0 Å². The summed E-state index contributed by atoms with van der Waals surface area (Å²) in [5.74, 6) is 1.05. The fourth-order valence-electron chi connectivity index (χ4n) is 3.66. The fraction of sp³-hybridized carbons (Fsp3) is 0.350. The lowest BCUT2D eigenvalue weighted by molar-refractivity contribution is 0.0666. The van der Waals surface area contributed by atoms with E-state index in [0.29, 0.717) is 17.4 Å². The van der Waals surface area contributed by atoms with Crippen LogP contribution in [-0.4, -0.2) is 33.9 Å². The smallest absolute Gasteiger partial charge is 0.276 e. The van der Waals surface area contributed by atoms with Crippen molar-refractivity contribution >= 4 is 16.8 Å². The molecule has 0 aliphatic carbocycles. The molecule has 2 aromatic heterocycles. The van der Waals surface area contributed by atoms with Gasteiger partial charge in [-0.05, 0) is 55.9 Å². The number of benzene rings is 1. The first-order valence-electron chi connectivity index (χ1n) is 8.74. The molecule has 0 N–H and O–H groups in total. The van der Waals surface area contributed by atoms with E-state index in [2.05, 4.69) is 34.2 Å². The van der Waals surface area contributed by atoms with E-state index in [-0.39, 0.29) is 5.91 Å². The topological polar surface area (TPSA) is 59.2 Å². The highest BCUT2D eigenvalue weighted by Gasteiger charge is 2.27. The molecule has 128 valence electrons. The standard InChI is InChI=1S/C20H21N3O2/c1-14-19(22-13-25-14)20(24)23-9-3-4-16(12-23)10-15-6-7-18-17(11-15)5-2-8-21-18/h2,5-8,11,13,16H,3-4,9-10,12H2,1H3/t16-/m1/s1. The van der Waals surface area contributed by atoms with Gasteiger partial charge in [0.05, 0.1) is 5.52 Å². The molecule has 5 heteroatoms. The summed E-state index contributed by atoms with van der Waals surface area (Å²) in [5, 5.41) is 1.17. The van der Waals surface area contributed by atoms with E-state index >= 15 is 0 Å². The van der Waals surface area contributed by atoms with Crippen LogP contribution in [0.25, 0.3) is 10.9 Å². The largest absolute Gasteiger partial charge is 0.448 e. The maximum Gasteiger partial charge on any atom is 0.276 e. The predicted octanol–water partition coefficient (Wildman–Crippen LogP) is 3.63. The number of aryl methyl sites for hydroxylation is 1. The van der Waals surface area contributed by atoms with Crippen LogP contribution in [0.15, 0.2) is 47.3 Å². The highest BCUT2D eigenvalue weighted by Crippen LogP contribution is 2.24. The van der Waals surface area contributed by atoms with Gasteiger partial charge in [-0.2, -0.15) is 0 Å². The van der Waals surface area contributed by atoms with Gasteiger partial charge in [-0.3, -0.25) is 9.78 Å². The molecule has 3 heterocycles. The van der Waals surface area contributed by atoms with Crippen LogP contribution < -0.4 is 0 Å². The van der Waals surface area contributed by atoms with Gasteiger partial charge in [0.15, 0.2) is 12.1 Å². The van der Waals surface area contributed by atoms with Crippen LogP contribution in [0.1, 0.15) is 34.7 Å². The van der Waals surface area contributed by atoms with Crippen LogP contribution in [-0.2, 0) is 6.42 Å². The van der Waals surface area contributed by atoms with Gasteiger partial charge in [0, 0.05) is 24.7 Å². The molecule has 1 aliphatic rings. The van der Waals surface area contributed by atoms with Gasteiger partial charge < -0.3 is 9.32 Å². The molecule has 1 amide bonds. The molecule has 1 atom stereocenters. The number of aromatic nitrogens is 2. The first kappa shape index (κ1) is 15.8. The second-order valence-corrected chi connectivity index (χ2v) is 6.75. The third-order valence-electron chi connectivity index (χ3n) is 4.95. The molecule has 1 aromatic carbocycles. The van der Waals surface area contributed by atoms with Crippen LogP contribution in [0.2, 0.25) is 0 Å². The highest BCUT2D eigenvalue weighted by atomic mass is 16.3. The Hall–Kier alpha value is -2.69. The summed E-state index contributed by atoms with van der Waals surface area (Å²) in [7, 11) is 0. The van der Waals surface area contributed by atoms with Crippen LogP contribution in [0.3, 0.4) is 0 Å². The van der Waals surface area contributed by atoms with E-state index in [0.717, 1.165) is 37.9 Å². The van der Waals surface area contributed by atoms with Crippen molar-refractivity contribution in [3.05, 3.63) is 59.9 Å². The summed E-state index contributed by atoms with van der Waals surface area (Å²) in [5.41, 5.74) is 2.77. The molecular weight excluding hydrogens is 314 g/mol. The van der Waals surface area contributed by atoms with Crippen molar-refractivity contribution in [2.75, 3.05) is 13.1 Å². The van der Waals surface area contributed by atoms with Gasteiger partial charge in [0.2, 0.25) is 0 Å². The Kier molecular flexibility index (Phi) is 4.22. The average molecular weight is 335 g/mol. The minimum Gasteiger partial charge on any atom is -0.448 e. The Morgan fingerprint density at radius 1 is 1.32 bits per heavy atom. The normalized spacial score (nSPS) is 17.8. The minimum atomic E-state index is -0.0151. The molecular formula is C20H21N3O2. The van der Waals surface area contributed by atoms with E-state index in [4.69, 9.17) is 4.42 Å². The molecule has 25 heavy (non-hydrogen) atoms. The summed E-state index contributed by atoms with van der Waals surface area (Å²) in [6.45, 7) is 3.35. The Labute approximate surface area is 146 Å². The second kappa shape index (κ2) is 6.67. The Morgan fingerprint density at radius 2 is 2.24 bits per heavy atom. The van der Waals surface area contributed by atoms with Crippen LogP contribution >= 0.6 is 0 Å². The number of likely N-dealkylation sites (tertiary alicyclic amines) is 1. The fourth-order valence-corrected chi connectivity index (χ4v) is 3.66. The van der Waals surface area contributed by atoms with Gasteiger partial charge in [-0.1, -0.05) is 12.1 Å². The van der Waals surface area contributed by atoms with Crippen molar-refractivity contribution in [1.29, 1.82) is 0 Å². The summed E-state index contributed by atoms with van der Waals surface area (Å²) in [4.78, 5) is 23.0. The summed E-state index contributed by atoms with van der Waals surface area (Å²) >= 11 is 0. The van der Waals surface area contributed by atoms with Gasteiger partial charge >= 0.3 is 0 Å². The first-order chi connectivity index (χ1) is 12.2. The maximum absolute atomic E-state index is 12.6. The van der Waals surface area contributed by atoms with E-state index in [1.165, 1.54) is 17.3 Å². The number of pyridine rings is 1. The van der Waals surface area contributed by atoms with Crippen LogP contribution in [0, 0.1) is 12.8 Å². The zero-order chi connectivity index (χ0) is 17.2. The maximum atomic E-state index is 12.6. The van der Waals surface area contributed by atoms with Crippen molar-refractivity contribution in [1.82, 2.24) is 14.9 Å². The van der Waals surface area contributed by atoms with Crippen LogP contribution in [0.5, 0.6) is 0 Å². The summed E-state index contributed by atoms with van der Waals surface area (Å²) in [6.07, 6.45) is 6.31. The molecule has 0 saturated carbocycles. The summed E-state index contributed by atoms with van der Waals surface area (Å²) < 4.78 is 5.18. The molecule has 3 aromatic rings. The quantitative estimate of drug-likeness (QED) is 0.733. The van der Waals surface area contributed by atoms with E-state index in [1.54, 1.807) is 6.92 Å². The molecule has 4 rings (SSSR count). The number of hydrogen-bond acceptors (Lipinski definition) is 4. The number of nitrogens with zero attached hydrogens (tertiary/aromatic N) is 3. The number of piperidine rings is 1. The zero-order valence-electron chi connectivity index (χ0n) is 14.3. The highest BCUT2D eigenvalue weighted by molar-refractivity contribution is 5.93. The number of hydrogen-bond donors (Lipinski definition) is 0. The lowest BCUT2D eigenvalue weighted by Crippen LogP contribution is -2.40. The van der Waals surface area contributed by atoms with Crippen molar-refractivity contribution in [3.8, 4) is 0 Å². The molecule has 0 spiro atoms. The number of oxazole rings is 1. The third-order valence-corrected chi connectivity index (χ3v) is 4.95. The molecule has 0 unspecified atom stereocenters. The molecule has 0 bridgehead atoms. The first-order valence-corrected chi connectivity index (χ1v) is 8.74. The minimum absolute atomic E-state index is 0.0151. The Morgan fingerprint density at radius 3 is 3.08 bits per heavy atom. The lowest BCUT2D eigenvalue weighted by atomic mass is 9.90. The van der Waals surface area contributed by atoms with Crippen molar-refractivity contribution in [3.63, 3.8) is 0 Å². The molecule has 1 fully saturated rings. The predicted molar refractivity (Wildman–Crippen MR) is 95.3 cm³/mol. The number of amides is 1. The van der Waals surface area contributed by atoms with Crippen molar-refractivity contribution in [2.24, 2.45) is 5.92 Å². The lowest BCUT2D eigenvalue weighted by Gasteiger charge is -2.32. The SMILES string of the molecule is Cc1ocnc1C(=O)N1CCC[C@H](Cc2ccc3ncccc3c2)C1. The molecule has 1 aliphatic heterocycles. The summed E-state index contributed by atoms with van der Waals surface area (Å²) in [6, 6.07) is 10.5. The zero-order valence-corrected chi connectivity index (χ0v) is 14.3. The number of carbonyl (C=O) groups excluding carboxylic acids is 1. The van der Waals surface area contributed by atoms with E-state index in [1.807, 2.05) is 17.2 Å². The van der Waals surface area contributed by atoms with Crippen molar-refractivity contribution < 1.29 is 9.21 Å². The molecule has 0 radical (unpaired) electrons. The van der Waals surface area contributed by atoms with Crippen molar-refractivity contribution in [2.45, 2.75) is 26.2 Å². The van der Waals surface area contributed by atoms with E-state index < -0.39 is 0 Å². The van der Waals surface area contributed by atoms with Gasteiger partial charge in [-0.25, -0.2) is 4.98 Å². The van der Waals surface area contributed by atoms with Gasteiger partial charge in [0.25, 0.3) is 5.91 Å². The Balaban J connectivity index is 1.47. The third kappa shape index (κ3) is 3.27.